The van der Waals surface area contributed by atoms with Crippen molar-refractivity contribution in [1.29, 1.82) is 0 Å². The molecule has 1 aliphatic rings. The third-order valence-electron chi connectivity index (χ3n) is 5.02. The van der Waals surface area contributed by atoms with Crippen LogP contribution in [0.25, 0.3) is 4.96 Å². The largest absolute Gasteiger partial charge is 0.497 e. The van der Waals surface area contributed by atoms with Gasteiger partial charge in [-0.25, -0.2) is 9.78 Å². The van der Waals surface area contributed by atoms with Crippen LogP contribution in [0.4, 0.5) is 4.79 Å². The summed E-state index contributed by atoms with van der Waals surface area (Å²) in [6.07, 6.45) is 3.89. The Bertz CT molecular complexity index is 905. The van der Waals surface area contributed by atoms with Gasteiger partial charge in [0.1, 0.15) is 5.75 Å². The minimum absolute atomic E-state index is 0.0773. The van der Waals surface area contributed by atoms with Crippen molar-refractivity contribution in [2.24, 2.45) is 0 Å². The van der Waals surface area contributed by atoms with E-state index in [0.717, 1.165) is 35.1 Å². The second-order valence-electron chi connectivity index (χ2n) is 6.83. The van der Waals surface area contributed by atoms with Gasteiger partial charge >= 0.3 is 6.03 Å². The van der Waals surface area contributed by atoms with Crippen molar-refractivity contribution in [1.82, 2.24) is 24.9 Å². The lowest BCUT2D eigenvalue weighted by Crippen LogP contribution is -2.45. The lowest BCUT2D eigenvalue weighted by atomic mass is 10.0. The van der Waals surface area contributed by atoms with Crippen molar-refractivity contribution in [2.75, 3.05) is 40.0 Å². The maximum absolute atomic E-state index is 12.4. The van der Waals surface area contributed by atoms with Gasteiger partial charge in [0.05, 0.1) is 38.6 Å². The Kier molecular flexibility index (Phi) is 6.28. The number of carbonyl (C=O) groups is 1. The molecule has 1 fully saturated rings. The van der Waals surface area contributed by atoms with Crippen LogP contribution >= 0.6 is 11.3 Å². The fourth-order valence-corrected chi connectivity index (χ4v) is 4.18. The number of hydrogen-bond acceptors (Lipinski definition) is 6. The lowest BCUT2D eigenvalue weighted by Gasteiger charge is -2.35. The molecule has 9 heteroatoms. The predicted octanol–water partition coefficient (Wildman–Crippen LogP) is 2.28. The Morgan fingerprint density at radius 2 is 2.07 bits per heavy atom. The number of thiazole rings is 1. The minimum Gasteiger partial charge on any atom is -0.497 e. The van der Waals surface area contributed by atoms with E-state index in [9.17, 15) is 4.79 Å². The van der Waals surface area contributed by atoms with Gasteiger partial charge in [0, 0.05) is 37.4 Å². The number of nitrogens with zero attached hydrogens (tertiary/aromatic N) is 3. The van der Waals surface area contributed by atoms with Crippen LogP contribution in [0.15, 0.2) is 42.0 Å². The highest BCUT2D eigenvalue weighted by Gasteiger charge is 2.23. The lowest BCUT2D eigenvalue weighted by molar-refractivity contribution is 0.0167. The maximum atomic E-state index is 12.4. The Labute approximate surface area is 173 Å². The summed E-state index contributed by atoms with van der Waals surface area (Å²) in [7, 11) is 1.66. The SMILES string of the molecule is COc1ccc(C(CNC(=O)NCc2cn3ccsc3n2)N2CCOCC2)cc1. The van der Waals surface area contributed by atoms with Crippen molar-refractivity contribution in [2.45, 2.75) is 12.6 Å². The summed E-state index contributed by atoms with van der Waals surface area (Å²) < 4.78 is 12.7. The first-order chi connectivity index (χ1) is 14.2. The highest BCUT2D eigenvalue weighted by atomic mass is 32.1. The number of carbonyl (C=O) groups excluding carboxylic acids is 1. The van der Waals surface area contributed by atoms with E-state index in [1.165, 1.54) is 0 Å². The summed E-state index contributed by atoms with van der Waals surface area (Å²) >= 11 is 1.57. The molecule has 0 bridgehead atoms. The Balaban J connectivity index is 1.35. The van der Waals surface area contributed by atoms with Gasteiger partial charge in [-0.15, -0.1) is 11.3 Å². The first kappa shape index (κ1) is 19.7. The minimum atomic E-state index is -0.201. The van der Waals surface area contributed by atoms with Crippen molar-refractivity contribution >= 4 is 22.3 Å². The Morgan fingerprint density at radius 1 is 1.28 bits per heavy atom. The summed E-state index contributed by atoms with van der Waals surface area (Å²) in [5.74, 6) is 0.820. The molecule has 3 heterocycles. The highest BCUT2D eigenvalue weighted by molar-refractivity contribution is 7.15. The van der Waals surface area contributed by atoms with Gasteiger partial charge in [-0.1, -0.05) is 12.1 Å². The smallest absolute Gasteiger partial charge is 0.315 e. The monoisotopic (exact) mass is 415 g/mol. The maximum Gasteiger partial charge on any atom is 0.315 e. The summed E-state index contributed by atoms with van der Waals surface area (Å²) in [5.41, 5.74) is 1.98. The standard InChI is InChI=1S/C20H25N5O3S/c1-27-17-4-2-15(3-5-17)18(24-6-9-28-10-7-24)13-22-19(26)21-12-16-14-25-8-11-29-20(25)23-16/h2-5,8,11,14,18H,6-7,9-10,12-13H2,1H3,(H2,21,22,26). The van der Waals surface area contributed by atoms with E-state index < -0.39 is 0 Å². The van der Waals surface area contributed by atoms with Gasteiger partial charge in [0.15, 0.2) is 4.96 Å². The van der Waals surface area contributed by atoms with E-state index in [1.54, 1.807) is 18.4 Å². The zero-order valence-electron chi connectivity index (χ0n) is 16.3. The van der Waals surface area contributed by atoms with Gasteiger partial charge in [-0.05, 0) is 17.7 Å². The van der Waals surface area contributed by atoms with Gasteiger partial charge in [-0.2, -0.15) is 0 Å². The molecule has 154 valence electrons. The molecule has 0 aliphatic carbocycles. The second-order valence-corrected chi connectivity index (χ2v) is 7.70. The Morgan fingerprint density at radius 3 is 2.79 bits per heavy atom. The molecule has 1 unspecified atom stereocenters. The molecule has 2 N–H and O–H groups in total. The first-order valence-electron chi connectivity index (χ1n) is 9.61. The van der Waals surface area contributed by atoms with Crippen LogP contribution in [0.5, 0.6) is 5.75 Å². The molecule has 1 aliphatic heterocycles. The molecule has 29 heavy (non-hydrogen) atoms. The van der Waals surface area contributed by atoms with Crippen LogP contribution in [-0.4, -0.2) is 60.3 Å². The molecule has 1 saturated heterocycles. The molecule has 0 saturated carbocycles. The molecule has 1 atom stereocenters. The average Bonchev–Trinajstić information content (AvgIpc) is 3.35. The molecular weight excluding hydrogens is 390 g/mol. The fraction of sp³-hybridized carbons (Fsp3) is 0.400. The van der Waals surface area contributed by atoms with Crippen LogP contribution in [0.2, 0.25) is 0 Å². The summed E-state index contributed by atoms with van der Waals surface area (Å²) in [5, 5.41) is 7.89. The quantitative estimate of drug-likeness (QED) is 0.619. The third kappa shape index (κ3) is 4.87. The predicted molar refractivity (Wildman–Crippen MR) is 111 cm³/mol. The molecule has 4 rings (SSSR count). The zero-order valence-corrected chi connectivity index (χ0v) is 17.2. The van der Waals surface area contributed by atoms with E-state index in [4.69, 9.17) is 9.47 Å². The number of morpholine rings is 1. The molecule has 1 aromatic carbocycles. The van der Waals surface area contributed by atoms with Crippen LogP contribution in [0.1, 0.15) is 17.3 Å². The molecular formula is C20H25N5O3S. The summed E-state index contributed by atoms with van der Waals surface area (Å²) in [6.45, 7) is 3.99. The van der Waals surface area contributed by atoms with Crippen molar-refractivity contribution < 1.29 is 14.3 Å². The van der Waals surface area contributed by atoms with E-state index in [2.05, 4.69) is 32.7 Å². The summed E-state index contributed by atoms with van der Waals surface area (Å²) in [4.78, 5) is 20.1. The number of ether oxygens (including phenoxy) is 2. The van der Waals surface area contributed by atoms with Crippen molar-refractivity contribution in [3.63, 3.8) is 0 Å². The number of fused-ring (bicyclic) bond motifs is 1. The van der Waals surface area contributed by atoms with Crippen molar-refractivity contribution in [3.05, 3.63) is 53.3 Å². The third-order valence-corrected chi connectivity index (χ3v) is 5.79. The van der Waals surface area contributed by atoms with E-state index in [0.29, 0.717) is 26.3 Å². The van der Waals surface area contributed by atoms with Gasteiger partial charge in [0.2, 0.25) is 0 Å². The molecule has 0 spiro atoms. The first-order valence-corrected chi connectivity index (χ1v) is 10.5. The number of nitrogens with one attached hydrogen (secondary N) is 2. The number of imidazole rings is 1. The van der Waals surface area contributed by atoms with Gasteiger partial charge in [-0.3, -0.25) is 9.30 Å². The van der Waals surface area contributed by atoms with Gasteiger partial charge < -0.3 is 20.1 Å². The van der Waals surface area contributed by atoms with Crippen LogP contribution in [-0.2, 0) is 11.3 Å². The fourth-order valence-electron chi connectivity index (χ4n) is 3.46. The number of rotatable bonds is 7. The topological polar surface area (TPSA) is 80.1 Å². The van der Waals surface area contributed by atoms with Gasteiger partial charge in [0.25, 0.3) is 0 Å². The number of amides is 2. The zero-order chi connectivity index (χ0) is 20.1. The van der Waals surface area contributed by atoms with E-state index in [1.807, 2.05) is 34.3 Å². The average molecular weight is 416 g/mol. The summed E-state index contributed by atoms with van der Waals surface area (Å²) in [6, 6.07) is 7.88. The number of methoxy groups -OCH3 is 1. The van der Waals surface area contributed by atoms with E-state index in [-0.39, 0.29) is 12.1 Å². The van der Waals surface area contributed by atoms with Crippen LogP contribution in [0, 0.1) is 0 Å². The van der Waals surface area contributed by atoms with Crippen molar-refractivity contribution in [3.8, 4) is 5.75 Å². The Hall–Kier alpha value is -2.62. The number of urea groups is 1. The molecule has 8 nitrogen and oxygen atoms in total. The highest BCUT2D eigenvalue weighted by Crippen LogP contribution is 2.23. The van der Waals surface area contributed by atoms with Crippen LogP contribution < -0.4 is 15.4 Å². The number of aromatic nitrogens is 2. The number of benzene rings is 1. The van der Waals surface area contributed by atoms with E-state index >= 15 is 0 Å². The number of hydrogen-bond donors (Lipinski definition) is 2. The normalized spacial score (nSPS) is 15.9. The molecule has 3 aromatic rings. The molecule has 2 aromatic heterocycles. The molecule has 2 amide bonds. The molecule has 0 radical (unpaired) electrons. The second kappa shape index (κ2) is 9.25. The van der Waals surface area contributed by atoms with Crippen LogP contribution in [0.3, 0.4) is 0 Å².